The van der Waals surface area contributed by atoms with Crippen LogP contribution in [0, 0.1) is 0 Å². The van der Waals surface area contributed by atoms with Crippen LogP contribution in [0.15, 0.2) is 12.2 Å². The highest BCUT2D eigenvalue weighted by Crippen LogP contribution is 2.14. The topological polar surface area (TPSA) is 89.8 Å². The van der Waals surface area contributed by atoms with Crippen LogP contribution in [0.3, 0.4) is 0 Å². The summed E-state index contributed by atoms with van der Waals surface area (Å²) in [5.41, 5.74) is 0. The van der Waals surface area contributed by atoms with Crippen molar-refractivity contribution in [1.29, 1.82) is 0 Å². The number of aliphatic hydroxyl groups excluding tert-OH is 3. The maximum absolute atomic E-state index is 12.3. The van der Waals surface area contributed by atoms with E-state index >= 15 is 0 Å². The van der Waals surface area contributed by atoms with Crippen molar-refractivity contribution in [3.63, 3.8) is 0 Å². The van der Waals surface area contributed by atoms with Gasteiger partial charge >= 0.3 is 0 Å². The molecule has 0 aromatic carbocycles. The number of aliphatic hydroxyl groups is 3. The van der Waals surface area contributed by atoms with E-state index in [2.05, 4.69) is 31.3 Å². The Bertz CT molecular complexity index is 554. The Labute approximate surface area is 249 Å². The molecule has 0 aromatic heterocycles. The molecule has 0 aromatic rings. The van der Waals surface area contributed by atoms with Crippen molar-refractivity contribution in [2.24, 2.45) is 0 Å². The first-order chi connectivity index (χ1) is 19.6. The third kappa shape index (κ3) is 26.0. The van der Waals surface area contributed by atoms with Gasteiger partial charge in [-0.25, -0.2) is 0 Å². The van der Waals surface area contributed by atoms with Gasteiger partial charge in [0, 0.05) is 6.42 Å². The number of nitrogens with one attached hydrogen (secondary N) is 1. The van der Waals surface area contributed by atoms with Gasteiger partial charge in [-0.2, -0.15) is 0 Å². The summed E-state index contributed by atoms with van der Waals surface area (Å²) < 4.78 is 0. The molecular formula is C35H69NO4. The minimum atomic E-state index is -1.13. The zero-order valence-electron chi connectivity index (χ0n) is 26.7. The molecule has 4 N–H and O–H groups in total. The Kier molecular flexibility index (Phi) is 30.3. The molecule has 0 aliphatic heterocycles. The fraction of sp³-hybridized carbons (Fsp3) is 0.914. The predicted molar refractivity (Wildman–Crippen MR) is 172 cm³/mol. The number of rotatable bonds is 31. The highest BCUT2D eigenvalue weighted by atomic mass is 16.3. The van der Waals surface area contributed by atoms with Crippen LogP contribution in [-0.2, 0) is 4.79 Å². The number of unbranched alkanes of at least 4 members (excludes halogenated alkanes) is 21. The van der Waals surface area contributed by atoms with Gasteiger partial charge in [0.2, 0.25) is 5.91 Å². The second-order valence-electron chi connectivity index (χ2n) is 12.1. The first-order valence-corrected chi connectivity index (χ1v) is 17.5. The normalized spacial score (nSPS) is 14.0. The summed E-state index contributed by atoms with van der Waals surface area (Å²) in [7, 11) is 0. The lowest BCUT2D eigenvalue weighted by Gasteiger charge is -2.26. The lowest BCUT2D eigenvalue weighted by molar-refractivity contribution is -0.124. The van der Waals surface area contributed by atoms with Gasteiger partial charge in [-0.1, -0.05) is 148 Å². The van der Waals surface area contributed by atoms with E-state index in [4.69, 9.17) is 0 Å². The molecule has 0 bridgehead atoms. The van der Waals surface area contributed by atoms with Gasteiger partial charge in [-0.3, -0.25) is 4.79 Å². The van der Waals surface area contributed by atoms with Crippen molar-refractivity contribution in [3.8, 4) is 0 Å². The van der Waals surface area contributed by atoms with Crippen molar-refractivity contribution in [2.75, 3.05) is 6.61 Å². The first kappa shape index (κ1) is 39.1. The molecule has 0 aliphatic rings. The van der Waals surface area contributed by atoms with Crippen LogP contribution in [0.2, 0.25) is 0 Å². The fourth-order valence-electron chi connectivity index (χ4n) is 5.33. The van der Waals surface area contributed by atoms with Crippen LogP contribution in [0.5, 0.6) is 0 Å². The lowest BCUT2D eigenvalue weighted by Crippen LogP contribution is -2.50. The van der Waals surface area contributed by atoms with Crippen molar-refractivity contribution >= 4 is 5.91 Å². The molecular weight excluding hydrogens is 498 g/mol. The third-order valence-corrected chi connectivity index (χ3v) is 8.12. The minimum Gasteiger partial charge on any atom is -0.394 e. The maximum atomic E-state index is 12.3. The standard InChI is InChI=1S/C35H69NO4/c1-3-5-7-9-11-13-14-15-16-17-18-19-20-21-22-24-26-28-30-34(39)36-32(31-37)35(40)33(38)29-27-25-23-12-10-8-6-4-2/h18-19,32-33,35,37-38,40H,3-17,20-31H2,1-2H3,(H,36,39)/b19-18-. The molecule has 0 saturated carbocycles. The van der Waals surface area contributed by atoms with Gasteiger partial charge in [0.25, 0.3) is 0 Å². The molecule has 0 saturated heterocycles. The lowest BCUT2D eigenvalue weighted by atomic mass is 9.99. The van der Waals surface area contributed by atoms with E-state index in [1.165, 1.54) is 109 Å². The minimum absolute atomic E-state index is 0.156. The van der Waals surface area contributed by atoms with Crippen molar-refractivity contribution in [2.45, 2.75) is 199 Å². The number of hydrogen-bond donors (Lipinski definition) is 4. The second kappa shape index (κ2) is 31.0. The smallest absolute Gasteiger partial charge is 0.220 e. The molecule has 0 spiro atoms. The van der Waals surface area contributed by atoms with E-state index in [0.29, 0.717) is 12.8 Å². The number of hydrogen-bond acceptors (Lipinski definition) is 4. The Balaban J connectivity index is 3.67. The van der Waals surface area contributed by atoms with Gasteiger partial charge in [0.1, 0.15) is 6.10 Å². The summed E-state index contributed by atoms with van der Waals surface area (Å²) in [5.74, 6) is -0.156. The Hall–Kier alpha value is -0.910. The molecule has 40 heavy (non-hydrogen) atoms. The van der Waals surface area contributed by atoms with Gasteiger partial charge in [-0.05, 0) is 38.5 Å². The first-order valence-electron chi connectivity index (χ1n) is 17.5. The summed E-state index contributed by atoms with van der Waals surface area (Å²) in [5, 5.41) is 33.1. The molecule has 5 nitrogen and oxygen atoms in total. The van der Waals surface area contributed by atoms with Crippen LogP contribution >= 0.6 is 0 Å². The Morgan fingerprint density at radius 1 is 0.600 bits per heavy atom. The maximum Gasteiger partial charge on any atom is 0.220 e. The Morgan fingerprint density at radius 2 is 1.00 bits per heavy atom. The van der Waals surface area contributed by atoms with Crippen molar-refractivity contribution < 1.29 is 20.1 Å². The molecule has 3 atom stereocenters. The summed E-state index contributed by atoms with van der Waals surface area (Å²) in [4.78, 5) is 12.3. The molecule has 5 heteroatoms. The molecule has 0 rings (SSSR count). The third-order valence-electron chi connectivity index (χ3n) is 8.12. The zero-order valence-corrected chi connectivity index (χ0v) is 26.7. The predicted octanol–water partition coefficient (Wildman–Crippen LogP) is 8.92. The quantitative estimate of drug-likeness (QED) is 0.0497. The average Bonchev–Trinajstić information content (AvgIpc) is 2.96. The van der Waals surface area contributed by atoms with Gasteiger partial charge in [0.15, 0.2) is 0 Å². The van der Waals surface area contributed by atoms with E-state index in [9.17, 15) is 20.1 Å². The van der Waals surface area contributed by atoms with E-state index in [1.54, 1.807) is 0 Å². The highest BCUT2D eigenvalue weighted by molar-refractivity contribution is 5.76. The largest absolute Gasteiger partial charge is 0.394 e. The van der Waals surface area contributed by atoms with E-state index in [1.807, 2.05) is 0 Å². The highest BCUT2D eigenvalue weighted by Gasteiger charge is 2.26. The van der Waals surface area contributed by atoms with Crippen LogP contribution in [0.4, 0.5) is 0 Å². The molecule has 238 valence electrons. The van der Waals surface area contributed by atoms with Gasteiger partial charge in [-0.15, -0.1) is 0 Å². The van der Waals surface area contributed by atoms with Crippen LogP contribution < -0.4 is 5.32 Å². The average molecular weight is 568 g/mol. The number of allylic oxidation sites excluding steroid dienone is 2. The Morgan fingerprint density at radius 3 is 1.45 bits per heavy atom. The van der Waals surface area contributed by atoms with Crippen LogP contribution in [0.25, 0.3) is 0 Å². The molecule has 1 amide bonds. The molecule has 0 fully saturated rings. The van der Waals surface area contributed by atoms with Crippen molar-refractivity contribution in [3.05, 3.63) is 12.2 Å². The monoisotopic (exact) mass is 568 g/mol. The zero-order chi connectivity index (χ0) is 29.5. The van der Waals surface area contributed by atoms with E-state index in [0.717, 1.165) is 44.9 Å². The van der Waals surface area contributed by atoms with Gasteiger partial charge < -0.3 is 20.6 Å². The molecule has 0 aliphatic carbocycles. The van der Waals surface area contributed by atoms with Gasteiger partial charge in [0.05, 0.1) is 18.8 Å². The number of amides is 1. The molecule has 3 unspecified atom stereocenters. The summed E-state index contributed by atoms with van der Waals surface area (Å²) in [6, 6.07) is -0.807. The van der Waals surface area contributed by atoms with Crippen molar-refractivity contribution in [1.82, 2.24) is 5.32 Å². The molecule has 0 heterocycles. The SMILES string of the molecule is CCCCCCCCCCC/C=C\CCCCCCCC(=O)NC(CO)C(O)C(O)CCCCCCCCCC. The molecule has 0 radical (unpaired) electrons. The summed E-state index contributed by atoms with van der Waals surface area (Å²) >= 11 is 0. The fourth-order valence-corrected chi connectivity index (χ4v) is 5.33. The summed E-state index contributed by atoms with van der Waals surface area (Å²) in [6.07, 6.45) is 33.1. The van der Waals surface area contributed by atoms with Crippen LogP contribution in [0.1, 0.15) is 181 Å². The van der Waals surface area contributed by atoms with E-state index < -0.39 is 18.2 Å². The number of carbonyl (C=O) groups excluding carboxylic acids is 1. The van der Waals surface area contributed by atoms with E-state index in [-0.39, 0.29) is 12.5 Å². The van der Waals surface area contributed by atoms with Crippen LogP contribution in [-0.4, -0.2) is 46.1 Å². The second-order valence-corrected chi connectivity index (χ2v) is 12.1. The number of carbonyl (C=O) groups is 1. The summed E-state index contributed by atoms with van der Waals surface area (Å²) in [6.45, 7) is 4.12.